The highest BCUT2D eigenvalue weighted by atomic mass is 19.1. The van der Waals surface area contributed by atoms with Crippen molar-refractivity contribution < 1.29 is 8.87 Å². The Morgan fingerprint density at radius 1 is 1.07 bits per heavy atom. The topological polar surface area (TPSA) is 3.24 Å². The summed E-state index contributed by atoms with van der Waals surface area (Å²) >= 11 is 0. The normalized spacial score (nSPS) is 20.3. The first-order valence-corrected chi connectivity index (χ1v) is 5.39. The number of hydrogen-bond donors (Lipinski definition) is 0. The van der Waals surface area contributed by atoms with Gasteiger partial charge in [0.25, 0.3) is 0 Å². The lowest BCUT2D eigenvalue weighted by Gasteiger charge is -2.40. The van der Waals surface area contributed by atoms with Crippen molar-refractivity contribution in [2.45, 2.75) is 0 Å². The molecule has 1 fully saturated rings. The number of rotatable bonds is 1. The zero-order valence-electron chi connectivity index (χ0n) is 9.41. The molecular weight excluding hydrogens is 191 g/mol. The summed E-state index contributed by atoms with van der Waals surface area (Å²) in [7, 11) is 4.50. The van der Waals surface area contributed by atoms with Crippen molar-refractivity contribution in [1.82, 2.24) is 0 Å². The fourth-order valence-electron chi connectivity index (χ4n) is 1.92. The van der Waals surface area contributed by atoms with Crippen molar-refractivity contribution in [3.05, 3.63) is 30.1 Å². The number of quaternary nitrogens is 1. The standard InChI is InChI=1S/C12H18FN2/c1-15(2)9-7-14(8-10-15)12-5-3-11(13)4-6-12/h3-6H,7-10H2,1-2H3/q+1. The number of hydrogen-bond acceptors (Lipinski definition) is 1. The molecule has 0 unspecified atom stereocenters. The second-order valence-electron chi connectivity index (χ2n) is 4.85. The van der Waals surface area contributed by atoms with Crippen molar-refractivity contribution in [2.75, 3.05) is 45.2 Å². The number of likely N-dealkylation sites (N-methyl/N-ethyl adjacent to an activating group) is 1. The molecule has 0 aromatic heterocycles. The van der Waals surface area contributed by atoms with E-state index in [0.717, 1.165) is 36.3 Å². The molecule has 0 saturated carbocycles. The van der Waals surface area contributed by atoms with Crippen LogP contribution in [-0.4, -0.2) is 44.8 Å². The smallest absolute Gasteiger partial charge is 0.123 e. The lowest BCUT2D eigenvalue weighted by atomic mass is 10.2. The van der Waals surface area contributed by atoms with Crippen LogP contribution in [0.3, 0.4) is 0 Å². The number of anilines is 1. The van der Waals surface area contributed by atoms with Crippen LogP contribution >= 0.6 is 0 Å². The Hall–Kier alpha value is -1.09. The quantitative estimate of drug-likeness (QED) is 0.637. The maximum absolute atomic E-state index is 12.8. The molecule has 0 aliphatic carbocycles. The van der Waals surface area contributed by atoms with Gasteiger partial charge < -0.3 is 9.38 Å². The van der Waals surface area contributed by atoms with Crippen LogP contribution in [0.2, 0.25) is 0 Å². The zero-order chi connectivity index (χ0) is 10.9. The van der Waals surface area contributed by atoms with E-state index in [4.69, 9.17) is 0 Å². The van der Waals surface area contributed by atoms with E-state index in [1.54, 1.807) is 0 Å². The van der Waals surface area contributed by atoms with Crippen LogP contribution in [0.15, 0.2) is 24.3 Å². The molecule has 0 spiro atoms. The molecule has 82 valence electrons. The second kappa shape index (κ2) is 3.81. The molecule has 1 aliphatic heterocycles. The summed E-state index contributed by atoms with van der Waals surface area (Å²) in [6.45, 7) is 4.41. The molecule has 15 heavy (non-hydrogen) atoms. The lowest BCUT2D eigenvalue weighted by Crippen LogP contribution is -2.54. The van der Waals surface area contributed by atoms with Gasteiger partial charge in [-0.2, -0.15) is 0 Å². The van der Waals surface area contributed by atoms with Gasteiger partial charge in [-0.15, -0.1) is 0 Å². The molecular formula is C12H18FN2+. The SMILES string of the molecule is C[N+]1(C)CCN(c2ccc(F)cc2)CC1. The van der Waals surface area contributed by atoms with Crippen molar-refractivity contribution in [2.24, 2.45) is 0 Å². The Morgan fingerprint density at radius 3 is 2.13 bits per heavy atom. The molecule has 1 saturated heterocycles. The first-order chi connectivity index (χ1) is 7.07. The summed E-state index contributed by atoms with van der Waals surface area (Å²) < 4.78 is 13.8. The first-order valence-electron chi connectivity index (χ1n) is 5.39. The van der Waals surface area contributed by atoms with Gasteiger partial charge in [-0.1, -0.05) is 0 Å². The Bertz CT molecular complexity index is 322. The summed E-state index contributed by atoms with van der Waals surface area (Å²) in [6, 6.07) is 6.79. The van der Waals surface area contributed by atoms with Crippen molar-refractivity contribution in [1.29, 1.82) is 0 Å². The van der Waals surface area contributed by atoms with Crippen molar-refractivity contribution in [3.63, 3.8) is 0 Å². The predicted octanol–water partition coefficient (Wildman–Crippen LogP) is 1.72. The third-order valence-electron chi connectivity index (χ3n) is 3.14. The van der Waals surface area contributed by atoms with Crippen LogP contribution in [0.5, 0.6) is 0 Å². The molecule has 0 radical (unpaired) electrons. The van der Waals surface area contributed by atoms with Gasteiger partial charge in [0.05, 0.1) is 40.3 Å². The number of benzene rings is 1. The van der Waals surface area contributed by atoms with E-state index in [2.05, 4.69) is 19.0 Å². The van der Waals surface area contributed by atoms with Crippen molar-refractivity contribution in [3.8, 4) is 0 Å². The van der Waals surface area contributed by atoms with E-state index in [0.29, 0.717) is 0 Å². The largest absolute Gasteiger partial charge is 0.360 e. The highest BCUT2D eigenvalue weighted by Crippen LogP contribution is 2.18. The van der Waals surface area contributed by atoms with Gasteiger partial charge >= 0.3 is 0 Å². The summed E-state index contributed by atoms with van der Waals surface area (Å²) in [5.74, 6) is -0.160. The molecule has 2 nitrogen and oxygen atoms in total. The minimum Gasteiger partial charge on any atom is -0.360 e. The second-order valence-corrected chi connectivity index (χ2v) is 4.85. The van der Waals surface area contributed by atoms with Crippen LogP contribution in [0.4, 0.5) is 10.1 Å². The summed E-state index contributed by atoms with van der Waals surface area (Å²) in [5.41, 5.74) is 1.14. The summed E-state index contributed by atoms with van der Waals surface area (Å²) in [4.78, 5) is 2.32. The van der Waals surface area contributed by atoms with Gasteiger partial charge in [-0.3, -0.25) is 0 Å². The summed E-state index contributed by atoms with van der Waals surface area (Å²) in [6.07, 6.45) is 0. The number of piperazine rings is 1. The van der Waals surface area contributed by atoms with Gasteiger partial charge in [-0.25, -0.2) is 4.39 Å². The van der Waals surface area contributed by atoms with Gasteiger partial charge in [0, 0.05) is 5.69 Å². The molecule has 1 aliphatic rings. The summed E-state index contributed by atoms with van der Waals surface area (Å²) in [5, 5.41) is 0. The zero-order valence-corrected chi connectivity index (χ0v) is 9.41. The fraction of sp³-hybridized carbons (Fsp3) is 0.500. The van der Waals surface area contributed by atoms with E-state index in [-0.39, 0.29) is 5.82 Å². The van der Waals surface area contributed by atoms with Gasteiger partial charge in [0.2, 0.25) is 0 Å². The highest BCUT2D eigenvalue weighted by Gasteiger charge is 2.24. The Morgan fingerprint density at radius 2 is 1.60 bits per heavy atom. The van der Waals surface area contributed by atoms with Crippen LogP contribution in [0.25, 0.3) is 0 Å². The molecule has 0 atom stereocenters. The van der Waals surface area contributed by atoms with Crippen LogP contribution < -0.4 is 4.90 Å². The molecule has 0 N–H and O–H groups in total. The molecule has 1 aromatic rings. The number of halogens is 1. The Kier molecular flexibility index (Phi) is 2.65. The van der Waals surface area contributed by atoms with E-state index < -0.39 is 0 Å². The molecule has 0 bridgehead atoms. The van der Waals surface area contributed by atoms with E-state index >= 15 is 0 Å². The monoisotopic (exact) mass is 209 g/mol. The lowest BCUT2D eigenvalue weighted by molar-refractivity contribution is -0.890. The van der Waals surface area contributed by atoms with Gasteiger partial charge in [0.1, 0.15) is 5.82 Å². The van der Waals surface area contributed by atoms with E-state index in [9.17, 15) is 4.39 Å². The average Bonchev–Trinajstić information content (AvgIpc) is 2.20. The first kappa shape index (κ1) is 10.4. The van der Waals surface area contributed by atoms with E-state index in [1.165, 1.54) is 12.1 Å². The molecule has 1 heterocycles. The minimum absolute atomic E-state index is 0.160. The van der Waals surface area contributed by atoms with Crippen LogP contribution in [0, 0.1) is 5.82 Å². The minimum atomic E-state index is -0.160. The third-order valence-corrected chi connectivity index (χ3v) is 3.14. The Balaban J connectivity index is 2.04. The van der Waals surface area contributed by atoms with Crippen molar-refractivity contribution >= 4 is 5.69 Å². The molecule has 3 heteroatoms. The number of nitrogens with zero attached hydrogens (tertiary/aromatic N) is 2. The fourth-order valence-corrected chi connectivity index (χ4v) is 1.92. The molecule has 1 aromatic carbocycles. The maximum atomic E-state index is 12.8. The molecule has 0 amide bonds. The average molecular weight is 209 g/mol. The predicted molar refractivity (Wildman–Crippen MR) is 60.5 cm³/mol. The maximum Gasteiger partial charge on any atom is 0.123 e. The van der Waals surface area contributed by atoms with E-state index in [1.807, 2.05) is 12.1 Å². The van der Waals surface area contributed by atoms with Gasteiger partial charge in [0.15, 0.2) is 0 Å². The highest BCUT2D eigenvalue weighted by molar-refractivity contribution is 5.46. The van der Waals surface area contributed by atoms with Crippen LogP contribution in [0.1, 0.15) is 0 Å². The Labute approximate surface area is 90.5 Å². The van der Waals surface area contributed by atoms with Gasteiger partial charge in [-0.05, 0) is 24.3 Å². The third kappa shape index (κ3) is 2.48. The van der Waals surface area contributed by atoms with Crippen LogP contribution in [-0.2, 0) is 0 Å². The molecule has 2 rings (SSSR count).